The molecule has 1 heterocycles. The smallest absolute Gasteiger partial charge is 0.246 e. The highest BCUT2D eigenvalue weighted by atomic mass is 16.2. The van der Waals surface area contributed by atoms with Crippen LogP contribution in [0.25, 0.3) is 0 Å². The van der Waals surface area contributed by atoms with Crippen LogP contribution in [0.2, 0.25) is 0 Å². The van der Waals surface area contributed by atoms with Crippen molar-refractivity contribution in [2.45, 2.75) is 57.0 Å². The van der Waals surface area contributed by atoms with Crippen LogP contribution >= 0.6 is 0 Å². The van der Waals surface area contributed by atoms with Gasteiger partial charge in [0.2, 0.25) is 17.7 Å². The third-order valence-electron chi connectivity index (χ3n) is 4.91. The Hall–Kier alpha value is -1.63. The number of nitrogens with two attached hydrogens (primary N) is 1. The van der Waals surface area contributed by atoms with Crippen molar-refractivity contribution < 1.29 is 14.4 Å². The van der Waals surface area contributed by atoms with Gasteiger partial charge in [0.15, 0.2) is 0 Å². The minimum atomic E-state index is -0.545. The van der Waals surface area contributed by atoms with Gasteiger partial charge in [0, 0.05) is 6.54 Å². The van der Waals surface area contributed by atoms with Crippen LogP contribution in [0, 0.1) is 5.92 Å². The molecule has 2 atom stereocenters. The van der Waals surface area contributed by atoms with Crippen molar-refractivity contribution in [2.24, 2.45) is 11.7 Å². The van der Waals surface area contributed by atoms with Gasteiger partial charge in [-0.3, -0.25) is 14.4 Å². The van der Waals surface area contributed by atoms with E-state index in [9.17, 15) is 14.4 Å². The molecule has 0 bridgehead atoms. The Morgan fingerprint density at radius 2 is 1.83 bits per heavy atom. The van der Waals surface area contributed by atoms with Gasteiger partial charge < -0.3 is 21.3 Å². The molecule has 23 heavy (non-hydrogen) atoms. The predicted molar refractivity (Wildman–Crippen MR) is 86.4 cm³/mol. The summed E-state index contributed by atoms with van der Waals surface area (Å²) < 4.78 is 0. The molecule has 2 rings (SSSR count). The largest absolute Gasteiger partial charge is 0.368 e. The lowest BCUT2D eigenvalue weighted by atomic mass is 9.83. The third-order valence-corrected chi connectivity index (χ3v) is 4.91. The van der Waals surface area contributed by atoms with Crippen LogP contribution in [0.3, 0.4) is 0 Å². The predicted octanol–water partition coefficient (Wildman–Crippen LogP) is -0.253. The molecule has 0 aromatic heterocycles. The summed E-state index contributed by atoms with van der Waals surface area (Å²) >= 11 is 0. The fourth-order valence-electron chi connectivity index (χ4n) is 3.74. The number of amides is 3. The van der Waals surface area contributed by atoms with Crippen molar-refractivity contribution >= 4 is 17.7 Å². The van der Waals surface area contributed by atoms with Gasteiger partial charge in [-0.25, -0.2) is 0 Å². The Morgan fingerprint density at radius 3 is 2.43 bits per heavy atom. The quantitative estimate of drug-likeness (QED) is 0.626. The van der Waals surface area contributed by atoms with E-state index in [1.54, 1.807) is 11.9 Å². The fraction of sp³-hybridized carbons (Fsp3) is 0.812. The van der Waals surface area contributed by atoms with Crippen molar-refractivity contribution in [1.82, 2.24) is 15.5 Å². The molecule has 0 aromatic rings. The Bertz CT molecular complexity index is 449. The number of nitrogens with zero attached hydrogens (tertiary/aromatic N) is 1. The van der Waals surface area contributed by atoms with Crippen LogP contribution in [0.4, 0.5) is 0 Å². The summed E-state index contributed by atoms with van der Waals surface area (Å²) in [5, 5.41) is 5.68. The maximum atomic E-state index is 13.0. The maximum absolute atomic E-state index is 13.0. The van der Waals surface area contributed by atoms with Gasteiger partial charge in [-0.1, -0.05) is 19.3 Å². The standard InChI is InChI=1S/C16H28N4O3/c1-18-10-13(21)19-14(11-6-3-2-4-7-11)16(23)20-9-5-8-12(20)15(17)22/h11-12,14,18H,2-10H2,1H3,(H2,17,22)(H,19,21). The first-order valence-electron chi connectivity index (χ1n) is 8.58. The first-order chi connectivity index (χ1) is 11.0. The number of hydrogen-bond acceptors (Lipinski definition) is 4. The van der Waals surface area contributed by atoms with Crippen LogP contribution < -0.4 is 16.4 Å². The molecule has 3 amide bonds. The van der Waals surface area contributed by atoms with Gasteiger partial charge in [0.1, 0.15) is 12.1 Å². The van der Waals surface area contributed by atoms with Crippen LogP contribution in [-0.4, -0.2) is 54.8 Å². The van der Waals surface area contributed by atoms with E-state index in [0.29, 0.717) is 13.0 Å². The SMILES string of the molecule is CNCC(=O)NC(C(=O)N1CCCC1C(N)=O)C1CCCCC1. The lowest BCUT2D eigenvalue weighted by molar-refractivity contribution is -0.142. The first-order valence-corrected chi connectivity index (χ1v) is 8.58. The maximum Gasteiger partial charge on any atom is 0.246 e. The lowest BCUT2D eigenvalue weighted by Crippen LogP contribution is -2.56. The van der Waals surface area contributed by atoms with E-state index in [4.69, 9.17) is 5.73 Å². The van der Waals surface area contributed by atoms with E-state index < -0.39 is 18.0 Å². The van der Waals surface area contributed by atoms with Crippen molar-refractivity contribution in [3.05, 3.63) is 0 Å². The molecule has 7 nitrogen and oxygen atoms in total. The number of hydrogen-bond donors (Lipinski definition) is 3. The molecule has 4 N–H and O–H groups in total. The molecular formula is C16H28N4O3. The average molecular weight is 324 g/mol. The molecule has 2 aliphatic rings. The van der Waals surface area contributed by atoms with Gasteiger partial charge in [-0.05, 0) is 38.6 Å². The summed E-state index contributed by atoms with van der Waals surface area (Å²) in [6.07, 6.45) is 6.60. The number of primary amides is 1. The van der Waals surface area contributed by atoms with E-state index in [2.05, 4.69) is 10.6 Å². The van der Waals surface area contributed by atoms with Gasteiger partial charge >= 0.3 is 0 Å². The highest BCUT2D eigenvalue weighted by Gasteiger charge is 2.39. The topological polar surface area (TPSA) is 105 Å². The summed E-state index contributed by atoms with van der Waals surface area (Å²) in [5.74, 6) is -0.653. The molecule has 0 aromatic carbocycles. The number of rotatable bonds is 6. The van der Waals surface area contributed by atoms with Gasteiger partial charge in [-0.15, -0.1) is 0 Å². The van der Waals surface area contributed by atoms with Gasteiger partial charge in [0.05, 0.1) is 6.54 Å². The molecule has 130 valence electrons. The fourth-order valence-corrected chi connectivity index (χ4v) is 3.74. The summed E-state index contributed by atoms with van der Waals surface area (Å²) in [6, 6.07) is -1.08. The average Bonchev–Trinajstić information content (AvgIpc) is 3.03. The van der Waals surface area contributed by atoms with Crippen molar-refractivity contribution in [1.29, 1.82) is 0 Å². The van der Waals surface area contributed by atoms with Crippen LogP contribution in [0.5, 0.6) is 0 Å². The van der Waals surface area contributed by atoms with Crippen LogP contribution in [0.15, 0.2) is 0 Å². The molecule has 0 radical (unpaired) electrons. The minimum absolute atomic E-state index is 0.145. The second-order valence-corrected chi connectivity index (χ2v) is 6.57. The number of carbonyl (C=O) groups is 3. The summed E-state index contributed by atoms with van der Waals surface area (Å²) in [6.45, 7) is 0.716. The van der Waals surface area contributed by atoms with Gasteiger partial charge in [-0.2, -0.15) is 0 Å². The molecule has 7 heteroatoms. The second-order valence-electron chi connectivity index (χ2n) is 6.57. The van der Waals surface area contributed by atoms with E-state index in [-0.39, 0.29) is 24.3 Å². The number of nitrogens with one attached hydrogen (secondary N) is 2. The van der Waals surface area contributed by atoms with E-state index in [0.717, 1.165) is 32.1 Å². The zero-order valence-electron chi connectivity index (χ0n) is 13.8. The first kappa shape index (κ1) is 17.7. The zero-order valence-corrected chi connectivity index (χ0v) is 13.8. The second kappa shape index (κ2) is 8.29. The molecule has 0 spiro atoms. The highest BCUT2D eigenvalue weighted by molar-refractivity contribution is 5.92. The summed E-state index contributed by atoms with van der Waals surface area (Å²) in [7, 11) is 1.70. The molecule has 1 aliphatic carbocycles. The number of likely N-dealkylation sites (tertiary alicyclic amines) is 1. The Labute approximate surface area is 137 Å². The van der Waals surface area contributed by atoms with Gasteiger partial charge in [0.25, 0.3) is 0 Å². The van der Waals surface area contributed by atoms with Crippen molar-refractivity contribution in [3.63, 3.8) is 0 Å². The Morgan fingerprint density at radius 1 is 1.13 bits per heavy atom. The van der Waals surface area contributed by atoms with Crippen molar-refractivity contribution in [3.8, 4) is 0 Å². The van der Waals surface area contributed by atoms with E-state index >= 15 is 0 Å². The molecule has 2 fully saturated rings. The lowest BCUT2D eigenvalue weighted by Gasteiger charge is -2.34. The number of likely N-dealkylation sites (N-methyl/N-ethyl adjacent to an activating group) is 1. The minimum Gasteiger partial charge on any atom is -0.368 e. The van der Waals surface area contributed by atoms with Crippen LogP contribution in [0.1, 0.15) is 44.9 Å². The Balaban J connectivity index is 2.12. The molecule has 1 aliphatic heterocycles. The van der Waals surface area contributed by atoms with E-state index in [1.807, 2.05) is 0 Å². The normalized spacial score (nSPS) is 23.5. The highest BCUT2D eigenvalue weighted by Crippen LogP contribution is 2.29. The molecular weight excluding hydrogens is 296 g/mol. The van der Waals surface area contributed by atoms with Crippen molar-refractivity contribution in [2.75, 3.05) is 20.1 Å². The molecule has 1 saturated heterocycles. The number of carbonyl (C=O) groups excluding carboxylic acids is 3. The Kier molecular flexibility index (Phi) is 6.38. The monoisotopic (exact) mass is 324 g/mol. The molecule has 1 saturated carbocycles. The van der Waals surface area contributed by atoms with E-state index in [1.165, 1.54) is 6.42 Å². The summed E-state index contributed by atoms with van der Waals surface area (Å²) in [5.41, 5.74) is 5.42. The molecule has 2 unspecified atom stereocenters. The zero-order chi connectivity index (χ0) is 16.8. The van der Waals surface area contributed by atoms with Crippen LogP contribution in [-0.2, 0) is 14.4 Å². The summed E-state index contributed by atoms with van der Waals surface area (Å²) in [4.78, 5) is 38.1. The third kappa shape index (κ3) is 4.43.